The van der Waals surface area contributed by atoms with Crippen LogP contribution in [0.1, 0.15) is 31.2 Å². The summed E-state index contributed by atoms with van der Waals surface area (Å²) >= 11 is 1.70. The molecule has 0 fully saturated rings. The van der Waals surface area contributed by atoms with E-state index in [2.05, 4.69) is 25.2 Å². The van der Waals surface area contributed by atoms with Crippen molar-refractivity contribution < 1.29 is 9.90 Å². The molecule has 0 unspecified atom stereocenters. The summed E-state index contributed by atoms with van der Waals surface area (Å²) in [5.74, 6) is 0.0692. The van der Waals surface area contributed by atoms with Crippen LogP contribution < -0.4 is 5.32 Å². The first-order valence-electron chi connectivity index (χ1n) is 6.11. The Labute approximate surface area is 116 Å². The van der Waals surface area contributed by atoms with Crippen molar-refractivity contribution in [3.05, 3.63) is 50.7 Å². The summed E-state index contributed by atoms with van der Waals surface area (Å²) in [4.78, 5) is 14.5. The number of aromatic hydroxyl groups is 1. The number of carbonyl (C=O) groups is 1. The van der Waals surface area contributed by atoms with E-state index in [1.807, 2.05) is 6.92 Å². The maximum atomic E-state index is 12.1. The minimum atomic E-state index is -0.110. The standard InChI is InChI=1S/C15H17NO2S/c1-9-7-13(19-11(9)3)8-16-15(18)14-5-4-12(17)6-10(14)2/h4-7,17H,8H2,1-3H3,(H,16,18). The van der Waals surface area contributed by atoms with Crippen LogP contribution in [0.25, 0.3) is 0 Å². The molecule has 0 atom stereocenters. The van der Waals surface area contributed by atoms with Crippen LogP contribution in [0, 0.1) is 20.8 Å². The molecule has 1 aromatic heterocycles. The summed E-state index contributed by atoms with van der Waals surface area (Å²) in [5.41, 5.74) is 2.63. The lowest BCUT2D eigenvalue weighted by molar-refractivity contribution is 0.0950. The van der Waals surface area contributed by atoms with Crippen LogP contribution in [0.15, 0.2) is 24.3 Å². The zero-order valence-electron chi connectivity index (χ0n) is 11.3. The fraction of sp³-hybridized carbons (Fsp3) is 0.267. The zero-order chi connectivity index (χ0) is 14.0. The molecule has 0 spiro atoms. The maximum Gasteiger partial charge on any atom is 0.251 e. The highest BCUT2D eigenvalue weighted by molar-refractivity contribution is 7.12. The molecule has 1 aromatic carbocycles. The summed E-state index contributed by atoms with van der Waals surface area (Å²) in [6.45, 7) is 6.50. The minimum absolute atomic E-state index is 0.110. The van der Waals surface area contributed by atoms with Gasteiger partial charge in [0.25, 0.3) is 5.91 Å². The van der Waals surface area contributed by atoms with Gasteiger partial charge in [0, 0.05) is 15.3 Å². The highest BCUT2D eigenvalue weighted by Gasteiger charge is 2.10. The topological polar surface area (TPSA) is 49.3 Å². The molecule has 2 N–H and O–H groups in total. The molecule has 0 radical (unpaired) electrons. The molecule has 0 aliphatic rings. The molecule has 0 aliphatic heterocycles. The van der Waals surface area contributed by atoms with Crippen molar-refractivity contribution in [2.75, 3.05) is 0 Å². The molecule has 1 amide bonds. The lowest BCUT2D eigenvalue weighted by atomic mass is 10.1. The van der Waals surface area contributed by atoms with Crippen LogP contribution in [0.5, 0.6) is 5.75 Å². The maximum absolute atomic E-state index is 12.1. The van der Waals surface area contributed by atoms with E-state index in [9.17, 15) is 9.90 Å². The van der Waals surface area contributed by atoms with Crippen molar-refractivity contribution >= 4 is 17.2 Å². The third kappa shape index (κ3) is 3.15. The Bertz CT molecular complexity index is 597. The Balaban J connectivity index is 2.05. The fourth-order valence-electron chi connectivity index (χ4n) is 1.90. The van der Waals surface area contributed by atoms with Crippen LogP contribution in [0.4, 0.5) is 0 Å². The molecule has 2 rings (SSSR count). The Morgan fingerprint density at radius 2 is 1.95 bits per heavy atom. The summed E-state index contributed by atoms with van der Waals surface area (Å²) in [5, 5.41) is 12.2. The minimum Gasteiger partial charge on any atom is -0.508 e. The Hall–Kier alpha value is -1.81. The predicted octanol–water partition coefficient (Wildman–Crippen LogP) is 3.31. The van der Waals surface area contributed by atoms with E-state index in [1.165, 1.54) is 16.5 Å². The van der Waals surface area contributed by atoms with Gasteiger partial charge in [-0.1, -0.05) is 0 Å². The number of rotatable bonds is 3. The number of hydrogen-bond donors (Lipinski definition) is 2. The van der Waals surface area contributed by atoms with Gasteiger partial charge in [0.1, 0.15) is 5.75 Å². The molecule has 0 saturated heterocycles. The van der Waals surface area contributed by atoms with Crippen LogP contribution in [-0.2, 0) is 6.54 Å². The van der Waals surface area contributed by atoms with E-state index >= 15 is 0 Å². The Morgan fingerprint density at radius 1 is 1.21 bits per heavy atom. The van der Waals surface area contributed by atoms with Gasteiger partial charge in [-0.25, -0.2) is 0 Å². The van der Waals surface area contributed by atoms with Crippen LogP contribution >= 0.6 is 11.3 Å². The third-order valence-corrected chi connectivity index (χ3v) is 4.25. The van der Waals surface area contributed by atoms with Crippen molar-refractivity contribution in [3.63, 3.8) is 0 Å². The van der Waals surface area contributed by atoms with Crippen LogP contribution in [0.2, 0.25) is 0 Å². The molecule has 0 aliphatic carbocycles. The highest BCUT2D eigenvalue weighted by atomic mass is 32.1. The first-order chi connectivity index (χ1) is 8.97. The van der Waals surface area contributed by atoms with E-state index in [1.54, 1.807) is 23.5 Å². The first-order valence-corrected chi connectivity index (χ1v) is 6.92. The Kier molecular flexibility index (Phi) is 3.90. The highest BCUT2D eigenvalue weighted by Crippen LogP contribution is 2.21. The quantitative estimate of drug-likeness (QED) is 0.903. The number of phenols is 1. The van der Waals surface area contributed by atoms with Crippen molar-refractivity contribution in [1.82, 2.24) is 5.32 Å². The van der Waals surface area contributed by atoms with Crippen molar-refractivity contribution in [2.24, 2.45) is 0 Å². The van der Waals surface area contributed by atoms with Gasteiger partial charge in [0.05, 0.1) is 6.54 Å². The molecule has 0 saturated carbocycles. The number of amides is 1. The van der Waals surface area contributed by atoms with Gasteiger partial charge in [-0.15, -0.1) is 11.3 Å². The van der Waals surface area contributed by atoms with Crippen LogP contribution in [0.3, 0.4) is 0 Å². The number of aryl methyl sites for hydroxylation is 3. The van der Waals surface area contributed by atoms with Gasteiger partial charge in [0.15, 0.2) is 0 Å². The Morgan fingerprint density at radius 3 is 2.53 bits per heavy atom. The number of carbonyl (C=O) groups excluding carboxylic acids is 1. The average Bonchev–Trinajstić information content (AvgIpc) is 2.66. The summed E-state index contributed by atoms with van der Waals surface area (Å²) in [7, 11) is 0. The molecule has 2 aromatic rings. The van der Waals surface area contributed by atoms with Gasteiger partial charge in [-0.05, 0) is 56.2 Å². The van der Waals surface area contributed by atoms with Gasteiger partial charge in [0.2, 0.25) is 0 Å². The van der Waals surface area contributed by atoms with E-state index in [0.29, 0.717) is 12.1 Å². The van der Waals surface area contributed by atoms with Gasteiger partial charge in [-0.2, -0.15) is 0 Å². The van der Waals surface area contributed by atoms with Crippen molar-refractivity contribution in [2.45, 2.75) is 27.3 Å². The second-order valence-corrected chi connectivity index (χ2v) is 5.97. The van der Waals surface area contributed by atoms with Gasteiger partial charge in [-0.3, -0.25) is 4.79 Å². The molecular weight excluding hydrogens is 258 g/mol. The SMILES string of the molecule is Cc1cc(O)ccc1C(=O)NCc1cc(C)c(C)s1. The third-order valence-electron chi connectivity index (χ3n) is 3.09. The second-order valence-electron chi connectivity index (χ2n) is 4.63. The van der Waals surface area contributed by atoms with E-state index in [0.717, 1.165) is 10.4 Å². The predicted molar refractivity (Wildman–Crippen MR) is 77.8 cm³/mol. The van der Waals surface area contributed by atoms with Crippen LogP contribution in [-0.4, -0.2) is 11.0 Å². The zero-order valence-corrected chi connectivity index (χ0v) is 12.1. The van der Waals surface area contributed by atoms with Crippen molar-refractivity contribution in [1.29, 1.82) is 0 Å². The number of benzene rings is 1. The molecule has 4 heteroatoms. The molecular formula is C15H17NO2S. The normalized spacial score (nSPS) is 10.5. The molecule has 1 heterocycles. The lowest BCUT2D eigenvalue weighted by Gasteiger charge is -2.07. The largest absolute Gasteiger partial charge is 0.508 e. The smallest absolute Gasteiger partial charge is 0.251 e. The molecule has 19 heavy (non-hydrogen) atoms. The molecule has 0 bridgehead atoms. The summed E-state index contributed by atoms with van der Waals surface area (Å²) in [6, 6.07) is 6.87. The fourth-order valence-corrected chi connectivity index (χ4v) is 2.90. The number of thiophene rings is 1. The summed E-state index contributed by atoms with van der Waals surface area (Å²) in [6.07, 6.45) is 0. The van der Waals surface area contributed by atoms with E-state index in [-0.39, 0.29) is 11.7 Å². The first kappa shape index (κ1) is 13.6. The monoisotopic (exact) mass is 275 g/mol. The van der Waals surface area contributed by atoms with Gasteiger partial charge >= 0.3 is 0 Å². The second kappa shape index (κ2) is 5.45. The molecule has 3 nitrogen and oxygen atoms in total. The number of hydrogen-bond acceptors (Lipinski definition) is 3. The van der Waals surface area contributed by atoms with E-state index in [4.69, 9.17) is 0 Å². The summed E-state index contributed by atoms with van der Waals surface area (Å²) < 4.78 is 0. The van der Waals surface area contributed by atoms with Crippen molar-refractivity contribution in [3.8, 4) is 5.75 Å². The van der Waals surface area contributed by atoms with E-state index < -0.39 is 0 Å². The number of phenolic OH excluding ortho intramolecular Hbond substituents is 1. The van der Waals surface area contributed by atoms with Gasteiger partial charge < -0.3 is 10.4 Å². The molecule has 100 valence electrons. The lowest BCUT2D eigenvalue weighted by Crippen LogP contribution is -2.23. The average molecular weight is 275 g/mol. The number of nitrogens with one attached hydrogen (secondary N) is 1.